The molecule has 1 atom stereocenters. The zero-order chi connectivity index (χ0) is 19.1. The van der Waals surface area contributed by atoms with Crippen LogP contribution in [0.4, 0.5) is 5.69 Å². The normalized spacial score (nSPS) is 16.3. The van der Waals surface area contributed by atoms with Crippen molar-refractivity contribution in [2.45, 2.75) is 25.4 Å². The van der Waals surface area contributed by atoms with Gasteiger partial charge >= 0.3 is 0 Å². The first-order valence-electron chi connectivity index (χ1n) is 9.15. The number of methoxy groups -OCH3 is 2. The summed E-state index contributed by atoms with van der Waals surface area (Å²) in [5.74, 6) is 1.26. The summed E-state index contributed by atoms with van der Waals surface area (Å²) in [4.78, 5) is 4.38. The average Bonchev–Trinajstić information content (AvgIpc) is 3.22. The maximum Gasteiger partial charge on any atom is 0.148 e. The third-order valence-corrected chi connectivity index (χ3v) is 4.58. The van der Waals surface area contributed by atoms with Gasteiger partial charge in [-0.2, -0.15) is 5.26 Å². The Morgan fingerprint density at radius 3 is 2.93 bits per heavy atom. The van der Waals surface area contributed by atoms with Gasteiger partial charge in [0.05, 0.1) is 38.2 Å². The lowest BCUT2D eigenvalue weighted by atomic mass is 10.1. The monoisotopic (exact) mass is 371 g/mol. The molecule has 7 heteroatoms. The Kier molecular flexibility index (Phi) is 6.69. The highest BCUT2D eigenvalue weighted by molar-refractivity contribution is 5.98. The first kappa shape index (κ1) is 19.2. The highest BCUT2D eigenvalue weighted by Gasteiger charge is 2.16. The zero-order valence-electron chi connectivity index (χ0n) is 15.8. The van der Waals surface area contributed by atoms with Gasteiger partial charge < -0.3 is 24.3 Å². The number of nitrogens with zero attached hydrogens (tertiary/aromatic N) is 2. The molecule has 2 aromatic rings. The van der Waals surface area contributed by atoms with Gasteiger partial charge in [0.2, 0.25) is 0 Å². The van der Waals surface area contributed by atoms with Crippen molar-refractivity contribution in [3.8, 4) is 17.6 Å². The lowest BCUT2D eigenvalue weighted by Gasteiger charge is -2.15. The van der Waals surface area contributed by atoms with Crippen molar-refractivity contribution < 1.29 is 18.9 Å². The Morgan fingerprint density at radius 1 is 1.33 bits per heavy atom. The number of anilines is 1. The largest absolute Gasteiger partial charge is 0.497 e. The molecule has 2 heterocycles. The minimum absolute atomic E-state index is 0.243. The van der Waals surface area contributed by atoms with Crippen molar-refractivity contribution in [1.82, 2.24) is 4.98 Å². The van der Waals surface area contributed by atoms with Crippen LogP contribution in [0, 0.1) is 11.3 Å². The van der Waals surface area contributed by atoms with Crippen LogP contribution < -0.4 is 14.8 Å². The predicted octanol–water partition coefficient (Wildman–Crippen LogP) is 3.12. The summed E-state index contributed by atoms with van der Waals surface area (Å²) in [7, 11) is 3.19. The van der Waals surface area contributed by atoms with Gasteiger partial charge in [-0.3, -0.25) is 4.98 Å². The fourth-order valence-electron chi connectivity index (χ4n) is 3.17. The SMILES string of the molecule is COc1cc(OC)c2ncc(C#N)c(NCCCOCC3CCCO3)c2c1. The molecule has 0 amide bonds. The number of aromatic nitrogens is 1. The fraction of sp³-hybridized carbons (Fsp3) is 0.500. The molecule has 0 aliphatic carbocycles. The highest BCUT2D eigenvalue weighted by atomic mass is 16.5. The standard InChI is InChI=1S/C20H25N3O4/c1-24-16-9-17-19(14(11-21)12-23-20(17)18(10-16)25-2)22-6-4-7-26-13-15-5-3-8-27-15/h9-10,12,15H,3-8,13H2,1-2H3,(H,22,23). The van der Waals surface area contributed by atoms with Gasteiger partial charge in [0, 0.05) is 37.4 Å². The summed E-state index contributed by atoms with van der Waals surface area (Å²) in [5, 5.41) is 13.6. The Morgan fingerprint density at radius 2 is 2.22 bits per heavy atom. The van der Waals surface area contributed by atoms with E-state index in [1.807, 2.05) is 6.07 Å². The van der Waals surface area contributed by atoms with Crippen LogP contribution in [0.25, 0.3) is 10.9 Å². The summed E-state index contributed by atoms with van der Waals surface area (Å²) >= 11 is 0. The molecule has 0 saturated carbocycles. The number of nitriles is 1. The number of hydrogen-bond acceptors (Lipinski definition) is 7. The number of rotatable bonds is 9. The quantitative estimate of drug-likeness (QED) is 0.678. The van der Waals surface area contributed by atoms with Gasteiger partial charge in [0.1, 0.15) is 23.1 Å². The van der Waals surface area contributed by atoms with Crippen LogP contribution in [-0.4, -0.2) is 51.7 Å². The first-order valence-corrected chi connectivity index (χ1v) is 9.15. The molecule has 1 N–H and O–H groups in total. The van der Waals surface area contributed by atoms with Gasteiger partial charge in [-0.05, 0) is 25.3 Å². The van der Waals surface area contributed by atoms with E-state index in [0.29, 0.717) is 42.3 Å². The van der Waals surface area contributed by atoms with Gasteiger partial charge in [-0.25, -0.2) is 0 Å². The van der Waals surface area contributed by atoms with E-state index in [1.54, 1.807) is 26.5 Å². The second-order valence-electron chi connectivity index (χ2n) is 6.37. The third kappa shape index (κ3) is 4.59. The molecule has 0 radical (unpaired) electrons. The van der Waals surface area contributed by atoms with Crippen LogP contribution in [0.3, 0.4) is 0 Å². The molecule has 1 aliphatic heterocycles. The van der Waals surface area contributed by atoms with Crippen molar-refractivity contribution in [2.24, 2.45) is 0 Å². The Bertz CT molecular complexity index is 813. The molecule has 1 unspecified atom stereocenters. The maximum absolute atomic E-state index is 9.46. The van der Waals surface area contributed by atoms with Crippen LogP contribution >= 0.6 is 0 Å². The number of pyridine rings is 1. The van der Waals surface area contributed by atoms with E-state index in [2.05, 4.69) is 16.4 Å². The second kappa shape index (κ2) is 9.40. The average molecular weight is 371 g/mol. The van der Waals surface area contributed by atoms with Crippen molar-refractivity contribution in [3.63, 3.8) is 0 Å². The molecule has 1 aromatic heterocycles. The Balaban J connectivity index is 1.67. The van der Waals surface area contributed by atoms with Gasteiger partial charge in [0.15, 0.2) is 0 Å². The number of benzene rings is 1. The van der Waals surface area contributed by atoms with E-state index < -0.39 is 0 Å². The first-order chi connectivity index (χ1) is 13.3. The van der Waals surface area contributed by atoms with Crippen LogP contribution in [0.2, 0.25) is 0 Å². The van der Waals surface area contributed by atoms with Gasteiger partial charge in [-0.1, -0.05) is 0 Å². The third-order valence-electron chi connectivity index (χ3n) is 4.58. The van der Waals surface area contributed by atoms with Crippen molar-refractivity contribution >= 4 is 16.6 Å². The molecular weight excluding hydrogens is 346 g/mol. The molecule has 0 spiro atoms. The zero-order valence-corrected chi connectivity index (χ0v) is 15.8. The van der Waals surface area contributed by atoms with Crippen molar-refractivity contribution in [3.05, 3.63) is 23.9 Å². The summed E-state index contributed by atoms with van der Waals surface area (Å²) in [6.07, 6.45) is 4.83. The summed E-state index contributed by atoms with van der Waals surface area (Å²) in [5.41, 5.74) is 1.91. The molecule has 3 rings (SSSR count). The Hall–Kier alpha value is -2.56. The molecule has 1 aromatic carbocycles. The van der Waals surface area contributed by atoms with E-state index in [1.165, 1.54) is 0 Å². The minimum atomic E-state index is 0.243. The molecule has 144 valence electrons. The highest BCUT2D eigenvalue weighted by Crippen LogP contribution is 2.35. The summed E-state index contributed by atoms with van der Waals surface area (Å²) in [6, 6.07) is 5.84. The van der Waals surface area contributed by atoms with Crippen LogP contribution in [0.1, 0.15) is 24.8 Å². The lowest BCUT2D eigenvalue weighted by Crippen LogP contribution is -2.16. The van der Waals surface area contributed by atoms with E-state index in [4.69, 9.17) is 18.9 Å². The topological polar surface area (TPSA) is 85.6 Å². The molecule has 27 heavy (non-hydrogen) atoms. The Labute approximate surface area is 159 Å². The summed E-state index contributed by atoms with van der Waals surface area (Å²) < 4.78 is 22.0. The van der Waals surface area contributed by atoms with E-state index in [9.17, 15) is 5.26 Å². The molecule has 1 fully saturated rings. The summed E-state index contributed by atoms with van der Waals surface area (Å²) in [6.45, 7) is 2.81. The fourth-order valence-corrected chi connectivity index (χ4v) is 3.17. The molecule has 1 aliphatic rings. The van der Waals surface area contributed by atoms with E-state index in [0.717, 1.165) is 36.9 Å². The number of ether oxygens (including phenoxy) is 4. The number of fused-ring (bicyclic) bond motifs is 1. The van der Waals surface area contributed by atoms with Crippen LogP contribution in [0.15, 0.2) is 18.3 Å². The molecule has 0 bridgehead atoms. The molecule has 1 saturated heterocycles. The van der Waals surface area contributed by atoms with Crippen LogP contribution in [-0.2, 0) is 9.47 Å². The number of nitrogens with one attached hydrogen (secondary N) is 1. The molecule has 7 nitrogen and oxygen atoms in total. The lowest BCUT2D eigenvalue weighted by molar-refractivity contribution is 0.0172. The van der Waals surface area contributed by atoms with E-state index in [-0.39, 0.29) is 6.10 Å². The maximum atomic E-state index is 9.46. The second-order valence-corrected chi connectivity index (χ2v) is 6.37. The number of hydrogen-bond donors (Lipinski definition) is 1. The van der Waals surface area contributed by atoms with Crippen LogP contribution in [0.5, 0.6) is 11.5 Å². The van der Waals surface area contributed by atoms with E-state index >= 15 is 0 Å². The smallest absolute Gasteiger partial charge is 0.148 e. The van der Waals surface area contributed by atoms with Gasteiger partial charge in [-0.15, -0.1) is 0 Å². The minimum Gasteiger partial charge on any atom is -0.497 e. The predicted molar refractivity (Wildman–Crippen MR) is 102 cm³/mol. The van der Waals surface area contributed by atoms with Crippen molar-refractivity contribution in [1.29, 1.82) is 5.26 Å². The molecular formula is C20H25N3O4. The van der Waals surface area contributed by atoms with Gasteiger partial charge in [0.25, 0.3) is 0 Å². The van der Waals surface area contributed by atoms with Crippen molar-refractivity contribution in [2.75, 3.05) is 45.9 Å².